The highest BCUT2D eigenvalue weighted by atomic mass is 16.8. The van der Waals surface area contributed by atoms with Crippen molar-refractivity contribution in [2.45, 2.75) is 57.2 Å². The molecule has 1 saturated carbocycles. The average Bonchev–Trinajstić information content (AvgIpc) is 2.18. The molecule has 0 aromatic rings. The van der Waals surface area contributed by atoms with Crippen molar-refractivity contribution in [3.05, 3.63) is 0 Å². The Morgan fingerprint density at radius 2 is 2.29 bits per heavy atom. The molecule has 0 aromatic heterocycles. The third kappa shape index (κ3) is 1.39. The maximum absolute atomic E-state index is 10.9. The second-order valence-electron chi connectivity index (χ2n) is 5.66. The molecule has 1 aliphatic carbocycles. The van der Waals surface area contributed by atoms with Gasteiger partial charge < -0.3 is 19.7 Å². The number of aliphatic hydroxyl groups is 1. The number of hydrogen-bond acceptors (Lipinski definition) is 4. The Morgan fingerprint density at radius 3 is 2.94 bits per heavy atom. The quantitative estimate of drug-likeness (QED) is 0.758. The molecular weight excluding hydrogens is 224 g/mol. The summed E-state index contributed by atoms with van der Waals surface area (Å²) in [6.07, 6.45) is 2.48. The molecule has 0 spiro atoms. The van der Waals surface area contributed by atoms with Crippen LogP contribution in [0.15, 0.2) is 0 Å². The Hall–Kier alpha value is -0.650. The van der Waals surface area contributed by atoms with Crippen molar-refractivity contribution >= 4 is 5.97 Å². The molecule has 0 unspecified atom stereocenters. The Bertz CT molecular complexity index is 357. The maximum atomic E-state index is 10.9. The monoisotopic (exact) mass is 242 g/mol. The molecule has 96 valence electrons. The van der Waals surface area contributed by atoms with Crippen molar-refractivity contribution in [2.75, 3.05) is 0 Å². The average molecular weight is 242 g/mol. The highest BCUT2D eigenvalue weighted by Gasteiger charge is 2.67. The number of carbonyl (C=O) groups is 1. The van der Waals surface area contributed by atoms with E-state index in [0.717, 1.165) is 12.8 Å². The van der Waals surface area contributed by atoms with Gasteiger partial charge in [0.15, 0.2) is 12.1 Å². The molecule has 17 heavy (non-hydrogen) atoms. The highest BCUT2D eigenvalue weighted by molar-refractivity contribution is 5.67. The lowest BCUT2D eigenvalue weighted by atomic mass is 9.57. The summed E-state index contributed by atoms with van der Waals surface area (Å²) in [6, 6.07) is 0. The molecule has 3 aliphatic heterocycles. The predicted molar refractivity (Wildman–Crippen MR) is 57.0 cm³/mol. The molecule has 3 heterocycles. The van der Waals surface area contributed by atoms with E-state index < -0.39 is 23.5 Å². The van der Waals surface area contributed by atoms with E-state index in [1.165, 1.54) is 0 Å². The van der Waals surface area contributed by atoms with Crippen molar-refractivity contribution in [3.8, 4) is 0 Å². The minimum Gasteiger partial charge on any atom is -0.481 e. The van der Waals surface area contributed by atoms with Crippen LogP contribution in [0.2, 0.25) is 0 Å². The van der Waals surface area contributed by atoms with E-state index in [4.69, 9.17) is 14.6 Å². The van der Waals surface area contributed by atoms with Gasteiger partial charge in [-0.05, 0) is 18.8 Å². The molecule has 4 rings (SSSR count). The van der Waals surface area contributed by atoms with E-state index in [-0.39, 0.29) is 18.4 Å². The van der Waals surface area contributed by atoms with Crippen LogP contribution in [0.25, 0.3) is 0 Å². The van der Waals surface area contributed by atoms with E-state index >= 15 is 0 Å². The van der Waals surface area contributed by atoms with Crippen molar-refractivity contribution in [2.24, 2.45) is 11.3 Å². The lowest BCUT2D eigenvalue weighted by Gasteiger charge is -2.64. The van der Waals surface area contributed by atoms with Crippen LogP contribution in [0, 0.1) is 11.3 Å². The largest absolute Gasteiger partial charge is 0.481 e. The molecule has 5 atom stereocenters. The van der Waals surface area contributed by atoms with Crippen LogP contribution in [-0.2, 0) is 14.3 Å². The summed E-state index contributed by atoms with van der Waals surface area (Å²) in [4.78, 5) is 10.9. The Morgan fingerprint density at radius 1 is 1.53 bits per heavy atom. The molecule has 0 radical (unpaired) electrons. The molecule has 4 aliphatic rings. The van der Waals surface area contributed by atoms with E-state index in [9.17, 15) is 9.90 Å². The topological polar surface area (TPSA) is 76.0 Å². The first kappa shape index (κ1) is 11.4. The van der Waals surface area contributed by atoms with Crippen LogP contribution < -0.4 is 0 Å². The third-order valence-electron chi connectivity index (χ3n) is 4.88. The zero-order valence-electron chi connectivity index (χ0n) is 9.89. The molecule has 0 amide bonds. The van der Waals surface area contributed by atoms with Crippen LogP contribution in [0.5, 0.6) is 0 Å². The van der Waals surface area contributed by atoms with Gasteiger partial charge in [-0.15, -0.1) is 0 Å². The second kappa shape index (κ2) is 3.43. The van der Waals surface area contributed by atoms with Crippen LogP contribution >= 0.6 is 0 Å². The van der Waals surface area contributed by atoms with Crippen LogP contribution in [0.1, 0.15) is 39.0 Å². The predicted octanol–water partition coefficient (Wildman–Crippen LogP) is 1.10. The van der Waals surface area contributed by atoms with Gasteiger partial charge in [-0.25, -0.2) is 0 Å². The third-order valence-corrected chi connectivity index (χ3v) is 4.88. The Labute approximate surface area is 99.7 Å². The summed E-state index contributed by atoms with van der Waals surface area (Å²) in [5, 5.41) is 19.6. The van der Waals surface area contributed by atoms with E-state index in [2.05, 4.69) is 0 Å². The standard InChI is InChI=1S/C12H18O5/c1-11-7(5-9(13)14)6-10-16-8(11)3-2-4-12(11,15)17-10/h7-8,10,15H,2-6H2,1H3,(H,13,14)/t7-,8-,10-,11-,12+/m0/s1. The molecule has 5 heteroatoms. The molecule has 2 N–H and O–H groups in total. The van der Waals surface area contributed by atoms with E-state index in [1.807, 2.05) is 6.92 Å². The maximum Gasteiger partial charge on any atom is 0.303 e. The van der Waals surface area contributed by atoms with Crippen molar-refractivity contribution < 1.29 is 24.5 Å². The summed E-state index contributed by atoms with van der Waals surface area (Å²) in [5.74, 6) is -2.08. The van der Waals surface area contributed by atoms with Gasteiger partial charge in [0.1, 0.15) is 0 Å². The van der Waals surface area contributed by atoms with Crippen molar-refractivity contribution in [1.82, 2.24) is 0 Å². The number of rotatable bonds is 2. The fourth-order valence-corrected chi connectivity index (χ4v) is 3.84. The summed E-state index contributed by atoms with van der Waals surface area (Å²) >= 11 is 0. The lowest BCUT2D eigenvalue weighted by molar-refractivity contribution is -0.461. The number of carboxylic acid groups (broad SMARTS) is 1. The van der Waals surface area contributed by atoms with Gasteiger partial charge in [0.05, 0.1) is 11.5 Å². The summed E-state index contributed by atoms with van der Waals surface area (Å²) in [5.41, 5.74) is -0.585. The number of carboxylic acids is 1. The lowest BCUT2D eigenvalue weighted by Crippen LogP contribution is -2.71. The number of aliphatic carboxylic acids is 1. The number of fused-ring (bicyclic) bond motifs is 1. The SMILES string of the molecule is C[C@]12[C@@H](CC(=O)O)C[C@H]3O[C@H]1CCC[C@@]2(O)O3. The van der Waals surface area contributed by atoms with Gasteiger partial charge in [-0.1, -0.05) is 6.92 Å². The van der Waals surface area contributed by atoms with Gasteiger partial charge in [0.25, 0.3) is 0 Å². The normalized spacial score (nSPS) is 52.5. The molecule has 4 fully saturated rings. The van der Waals surface area contributed by atoms with Crippen LogP contribution in [0.4, 0.5) is 0 Å². The van der Waals surface area contributed by atoms with Crippen molar-refractivity contribution in [1.29, 1.82) is 0 Å². The fourth-order valence-electron chi connectivity index (χ4n) is 3.84. The van der Waals surface area contributed by atoms with Crippen LogP contribution in [0.3, 0.4) is 0 Å². The zero-order chi connectivity index (χ0) is 12.3. The summed E-state index contributed by atoms with van der Waals surface area (Å²) in [7, 11) is 0. The first-order chi connectivity index (χ1) is 7.96. The molecule has 4 bridgehead atoms. The number of ether oxygens (including phenoxy) is 2. The Balaban J connectivity index is 1.97. The Kier molecular flexibility index (Phi) is 2.31. The minimum atomic E-state index is -1.20. The van der Waals surface area contributed by atoms with Crippen LogP contribution in [-0.4, -0.2) is 34.4 Å². The van der Waals surface area contributed by atoms with Gasteiger partial charge in [-0.2, -0.15) is 0 Å². The first-order valence-electron chi connectivity index (χ1n) is 6.23. The highest BCUT2D eigenvalue weighted by Crippen LogP contribution is 2.60. The van der Waals surface area contributed by atoms with Gasteiger partial charge in [0.2, 0.25) is 0 Å². The van der Waals surface area contributed by atoms with Gasteiger partial charge in [0, 0.05) is 19.3 Å². The van der Waals surface area contributed by atoms with Gasteiger partial charge >= 0.3 is 5.97 Å². The first-order valence-corrected chi connectivity index (χ1v) is 6.23. The number of hydrogen-bond donors (Lipinski definition) is 2. The van der Waals surface area contributed by atoms with E-state index in [1.54, 1.807) is 0 Å². The molecule has 3 saturated heterocycles. The zero-order valence-corrected chi connectivity index (χ0v) is 9.89. The second-order valence-corrected chi connectivity index (χ2v) is 5.66. The minimum absolute atomic E-state index is 0.0669. The molecule has 5 nitrogen and oxygen atoms in total. The fraction of sp³-hybridized carbons (Fsp3) is 0.917. The summed E-state index contributed by atoms with van der Waals surface area (Å²) in [6.45, 7) is 1.92. The van der Waals surface area contributed by atoms with Gasteiger partial charge in [-0.3, -0.25) is 4.79 Å². The summed E-state index contributed by atoms with van der Waals surface area (Å²) < 4.78 is 11.4. The van der Waals surface area contributed by atoms with Crippen molar-refractivity contribution in [3.63, 3.8) is 0 Å². The smallest absolute Gasteiger partial charge is 0.303 e. The molecular formula is C12H18O5. The molecule has 0 aromatic carbocycles. The van der Waals surface area contributed by atoms with E-state index in [0.29, 0.717) is 12.8 Å².